The Balaban J connectivity index is 1.32. The van der Waals surface area contributed by atoms with Crippen molar-refractivity contribution in [3.63, 3.8) is 0 Å². The maximum Gasteiger partial charge on any atom is 0.223 e. The molecule has 2 bridgehead atoms. The highest BCUT2D eigenvalue weighted by atomic mass is 19.1. The molecule has 6 heteroatoms. The van der Waals surface area contributed by atoms with E-state index in [1.165, 1.54) is 12.1 Å². The van der Waals surface area contributed by atoms with Crippen molar-refractivity contribution in [1.82, 2.24) is 14.9 Å². The highest BCUT2D eigenvalue weighted by Crippen LogP contribution is 2.43. The summed E-state index contributed by atoms with van der Waals surface area (Å²) in [6, 6.07) is 14.4. The first-order valence-electron chi connectivity index (χ1n) is 10.7. The van der Waals surface area contributed by atoms with Gasteiger partial charge in [0.05, 0.1) is 18.8 Å². The predicted octanol–water partition coefficient (Wildman–Crippen LogP) is 4.51. The predicted molar refractivity (Wildman–Crippen MR) is 115 cm³/mol. The topological polar surface area (TPSA) is 55.3 Å². The van der Waals surface area contributed by atoms with Gasteiger partial charge in [0, 0.05) is 36.2 Å². The molecule has 0 saturated carbocycles. The Morgan fingerprint density at radius 3 is 2.65 bits per heavy atom. The number of rotatable bonds is 5. The van der Waals surface area contributed by atoms with Crippen LogP contribution in [0.2, 0.25) is 0 Å². The van der Waals surface area contributed by atoms with E-state index < -0.39 is 0 Å². The number of aryl methyl sites for hydroxylation is 1. The lowest BCUT2D eigenvalue weighted by atomic mass is 9.98. The number of halogens is 1. The second-order valence-corrected chi connectivity index (χ2v) is 8.20. The van der Waals surface area contributed by atoms with Gasteiger partial charge in [-0.05, 0) is 61.2 Å². The van der Waals surface area contributed by atoms with Crippen LogP contribution in [0.5, 0.6) is 5.75 Å². The van der Waals surface area contributed by atoms with Crippen molar-refractivity contribution < 1.29 is 13.9 Å². The number of ether oxygens (including phenoxy) is 1. The molecule has 1 fully saturated rings. The number of carbonyl (C=O) groups is 1. The van der Waals surface area contributed by atoms with Gasteiger partial charge < -0.3 is 9.64 Å². The summed E-state index contributed by atoms with van der Waals surface area (Å²) in [4.78, 5) is 24.5. The van der Waals surface area contributed by atoms with Crippen LogP contribution >= 0.6 is 0 Å². The molecule has 1 amide bonds. The summed E-state index contributed by atoms with van der Waals surface area (Å²) < 4.78 is 18.4. The lowest BCUT2D eigenvalue weighted by Crippen LogP contribution is -2.42. The van der Waals surface area contributed by atoms with Crippen molar-refractivity contribution in [3.05, 3.63) is 77.4 Å². The molecule has 31 heavy (non-hydrogen) atoms. The van der Waals surface area contributed by atoms with Crippen LogP contribution in [0.25, 0.3) is 11.4 Å². The van der Waals surface area contributed by atoms with E-state index in [4.69, 9.17) is 9.72 Å². The van der Waals surface area contributed by atoms with Crippen LogP contribution in [0.4, 0.5) is 4.39 Å². The zero-order valence-electron chi connectivity index (χ0n) is 17.4. The summed E-state index contributed by atoms with van der Waals surface area (Å²) in [7, 11) is 1.65. The third kappa shape index (κ3) is 3.78. The summed E-state index contributed by atoms with van der Waals surface area (Å²) in [5.74, 6) is 1.35. The number of carbonyl (C=O) groups excluding carboxylic acids is 1. The minimum Gasteiger partial charge on any atom is -0.497 e. The van der Waals surface area contributed by atoms with E-state index in [1.807, 2.05) is 30.5 Å². The minimum atomic E-state index is -0.274. The smallest absolute Gasteiger partial charge is 0.223 e. The van der Waals surface area contributed by atoms with Gasteiger partial charge in [0.15, 0.2) is 5.82 Å². The molecule has 1 aromatic heterocycles. The number of nitrogens with zero attached hydrogens (tertiary/aromatic N) is 3. The van der Waals surface area contributed by atoms with Crippen molar-refractivity contribution in [2.45, 2.75) is 44.2 Å². The van der Waals surface area contributed by atoms with Gasteiger partial charge in [0.25, 0.3) is 0 Å². The fraction of sp³-hybridized carbons (Fsp3) is 0.320. The highest BCUT2D eigenvalue weighted by molar-refractivity contribution is 5.78. The molecule has 2 aliphatic heterocycles. The SMILES string of the molecule is COc1ccc(CCC(=O)N2C3CCC2c2cnc(-c4ccc(F)cc4)nc2C3)cc1. The van der Waals surface area contributed by atoms with Crippen molar-refractivity contribution in [2.75, 3.05) is 7.11 Å². The van der Waals surface area contributed by atoms with Gasteiger partial charge in [-0.25, -0.2) is 14.4 Å². The molecular weight excluding hydrogens is 393 g/mol. The number of fused-ring (bicyclic) bond motifs is 4. The average Bonchev–Trinajstić information content (AvgIpc) is 3.12. The number of hydrogen-bond donors (Lipinski definition) is 0. The van der Waals surface area contributed by atoms with Gasteiger partial charge in [-0.3, -0.25) is 4.79 Å². The van der Waals surface area contributed by atoms with Gasteiger partial charge in [-0.15, -0.1) is 0 Å². The molecule has 5 nitrogen and oxygen atoms in total. The van der Waals surface area contributed by atoms with E-state index in [1.54, 1.807) is 19.2 Å². The Morgan fingerprint density at radius 1 is 1.13 bits per heavy atom. The number of aromatic nitrogens is 2. The standard InChI is InChI=1S/C25H24FN3O2/c1-31-20-10-2-16(3-11-20)4-13-24(30)29-19-9-12-23(29)21-15-27-25(28-22(21)14-19)17-5-7-18(26)8-6-17/h2-3,5-8,10-11,15,19,23H,4,9,12-14H2,1H3. The number of amides is 1. The number of hydrogen-bond acceptors (Lipinski definition) is 4. The largest absolute Gasteiger partial charge is 0.497 e. The Labute approximate surface area is 180 Å². The molecule has 0 aliphatic carbocycles. The fourth-order valence-electron chi connectivity index (χ4n) is 4.77. The van der Waals surface area contributed by atoms with Crippen LogP contribution in [0.1, 0.15) is 42.1 Å². The molecule has 2 aromatic carbocycles. The zero-order valence-corrected chi connectivity index (χ0v) is 17.4. The Morgan fingerprint density at radius 2 is 1.90 bits per heavy atom. The highest BCUT2D eigenvalue weighted by Gasteiger charge is 2.43. The molecule has 0 radical (unpaired) electrons. The monoisotopic (exact) mass is 417 g/mol. The summed E-state index contributed by atoms with van der Waals surface area (Å²) in [6.45, 7) is 0. The van der Waals surface area contributed by atoms with E-state index in [9.17, 15) is 9.18 Å². The molecule has 0 spiro atoms. The van der Waals surface area contributed by atoms with Crippen molar-refractivity contribution in [2.24, 2.45) is 0 Å². The van der Waals surface area contributed by atoms with Crippen molar-refractivity contribution >= 4 is 5.91 Å². The van der Waals surface area contributed by atoms with Crippen molar-refractivity contribution in [3.8, 4) is 17.1 Å². The van der Waals surface area contributed by atoms with Crippen LogP contribution in [-0.4, -0.2) is 33.9 Å². The maximum absolute atomic E-state index is 13.2. The maximum atomic E-state index is 13.2. The van der Waals surface area contributed by atoms with Crippen molar-refractivity contribution in [1.29, 1.82) is 0 Å². The van der Waals surface area contributed by atoms with Crippen LogP contribution in [0.3, 0.4) is 0 Å². The molecule has 2 aliphatic rings. The molecule has 5 rings (SSSR count). The van der Waals surface area contributed by atoms with Gasteiger partial charge in [0.2, 0.25) is 5.91 Å². The summed E-state index contributed by atoms with van der Waals surface area (Å²) >= 11 is 0. The molecule has 0 N–H and O–H groups in total. The van der Waals surface area contributed by atoms with E-state index >= 15 is 0 Å². The third-order valence-electron chi connectivity index (χ3n) is 6.37. The Hall–Kier alpha value is -3.28. The van der Waals surface area contributed by atoms with Gasteiger partial charge >= 0.3 is 0 Å². The van der Waals surface area contributed by atoms with E-state index in [-0.39, 0.29) is 23.8 Å². The molecule has 158 valence electrons. The molecule has 2 atom stereocenters. The Bertz CT molecular complexity index is 1100. The number of methoxy groups -OCH3 is 1. The second-order valence-electron chi connectivity index (χ2n) is 8.20. The molecular formula is C25H24FN3O2. The quantitative estimate of drug-likeness (QED) is 0.613. The molecule has 2 unspecified atom stereocenters. The summed E-state index contributed by atoms with van der Waals surface area (Å²) in [6.07, 6.45) is 5.75. The van der Waals surface area contributed by atoms with Crippen LogP contribution in [0, 0.1) is 5.82 Å². The average molecular weight is 417 g/mol. The van der Waals surface area contributed by atoms with E-state index in [0.717, 1.165) is 47.4 Å². The van der Waals surface area contributed by atoms with Gasteiger partial charge in [-0.1, -0.05) is 12.1 Å². The zero-order chi connectivity index (χ0) is 21.4. The molecule has 3 aromatic rings. The van der Waals surface area contributed by atoms with Crippen LogP contribution < -0.4 is 4.74 Å². The van der Waals surface area contributed by atoms with Gasteiger partial charge in [0.1, 0.15) is 11.6 Å². The molecule has 1 saturated heterocycles. The second kappa shape index (κ2) is 8.10. The Kier molecular flexibility index (Phi) is 5.14. The lowest BCUT2D eigenvalue weighted by molar-refractivity contribution is -0.134. The first-order chi connectivity index (χ1) is 15.1. The first-order valence-corrected chi connectivity index (χ1v) is 10.7. The summed E-state index contributed by atoms with van der Waals surface area (Å²) in [5, 5.41) is 0. The van der Waals surface area contributed by atoms with E-state index in [0.29, 0.717) is 18.7 Å². The minimum absolute atomic E-state index is 0.0550. The van der Waals surface area contributed by atoms with E-state index in [2.05, 4.69) is 9.88 Å². The summed E-state index contributed by atoms with van der Waals surface area (Å²) in [5.41, 5.74) is 4.00. The lowest BCUT2D eigenvalue weighted by Gasteiger charge is -2.36. The molecule has 3 heterocycles. The third-order valence-corrected chi connectivity index (χ3v) is 6.37. The van der Waals surface area contributed by atoms with Gasteiger partial charge in [-0.2, -0.15) is 0 Å². The number of benzene rings is 2. The fourth-order valence-corrected chi connectivity index (χ4v) is 4.77. The van der Waals surface area contributed by atoms with Crippen LogP contribution in [-0.2, 0) is 17.6 Å². The van der Waals surface area contributed by atoms with Crippen LogP contribution in [0.15, 0.2) is 54.7 Å². The normalized spacial score (nSPS) is 19.2. The first kappa shape index (κ1) is 19.7.